The third kappa shape index (κ3) is 4.82. The highest BCUT2D eigenvalue weighted by Crippen LogP contribution is 2.36. The Balaban J connectivity index is 1.25. The Labute approximate surface area is 184 Å². The van der Waals surface area contributed by atoms with Crippen molar-refractivity contribution in [2.45, 2.75) is 38.1 Å². The van der Waals surface area contributed by atoms with Gasteiger partial charge in [-0.1, -0.05) is 49.4 Å². The molecule has 166 valence electrons. The highest BCUT2D eigenvalue weighted by Gasteiger charge is 2.52. The number of amides is 4. The van der Waals surface area contributed by atoms with Gasteiger partial charge in [0, 0.05) is 32.7 Å². The van der Waals surface area contributed by atoms with Crippen LogP contribution in [0, 0.1) is 5.92 Å². The molecule has 2 saturated heterocycles. The largest absolute Gasteiger partial charge is 0.339 e. The second kappa shape index (κ2) is 9.22. The number of urea groups is 1. The van der Waals surface area contributed by atoms with E-state index in [9.17, 15) is 14.4 Å². The van der Waals surface area contributed by atoms with E-state index in [1.165, 1.54) is 5.56 Å². The Kier molecular flexibility index (Phi) is 6.41. The first-order valence-corrected chi connectivity index (χ1v) is 11.3. The molecule has 7 heteroatoms. The van der Waals surface area contributed by atoms with E-state index in [4.69, 9.17) is 0 Å². The summed E-state index contributed by atoms with van der Waals surface area (Å²) in [5.41, 5.74) is 0.392. The molecule has 31 heavy (non-hydrogen) atoms. The molecule has 1 spiro atoms. The zero-order chi connectivity index (χ0) is 21.8. The Morgan fingerprint density at radius 3 is 2.45 bits per heavy atom. The second-order valence-electron chi connectivity index (χ2n) is 9.08. The van der Waals surface area contributed by atoms with Crippen LogP contribution in [-0.2, 0) is 9.59 Å². The highest BCUT2D eigenvalue weighted by atomic mass is 16.2. The minimum Gasteiger partial charge on any atom is -0.339 e. The van der Waals surface area contributed by atoms with Crippen molar-refractivity contribution in [2.24, 2.45) is 5.92 Å². The zero-order valence-corrected chi connectivity index (χ0v) is 18.3. The normalized spacial score (nSPS) is 27.3. The van der Waals surface area contributed by atoms with Crippen molar-refractivity contribution >= 4 is 23.9 Å². The van der Waals surface area contributed by atoms with Gasteiger partial charge in [-0.2, -0.15) is 0 Å². The molecule has 3 fully saturated rings. The van der Waals surface area contributed by atoms with Gasteiger partial charge in [-0.05, 0) is 37.2 Å². The number of imide groups is 1. The third-order valence-corrected chi connectivity index (χ3v) is 6.87. The smallest absolute Gasteiger partial charge is 0.325 e. The first kappa shape index (κ1) is 21.6. The third-order valence-electron chi connectivity index (χ3n) is 6.87. The van der Waals surface area contributed by atoms with Crippen LogP contribution in [0.5, 0.6) is 0 Å². The Hall–Kier alpha value is -2.67. The van der Waals surface area contributed by atoms with Crippen LogP contribution in [0.25, 0.3) is 6.08 Å². The number of hydrogen-bond acceptors (Lipinski definition) is 4. The van der Waals surface area contributed by atoms with Crippen molar-refractivity contribution in [3.05, 3.63) is 42.0 Å². The topological polar surface area (TPSA) is 73.0 Å². The van der Waals surface area contributed by atoms with Crippen molar-refractivity contribution in [1.82, 2.24) is 20.0 Å². The summed E-state index contributed by atoms with van der Waals surface area (Å²) in [6, 6.07) is 9.76. The maximum Gasteiger partial charge on any atom is 0.325 e. The summed E-state index contributed by atoms with van der Waals surface area (Å²) in [6.45, 7) is 5.65. The maximum atomic E-state index is 13.0. The van der Waals surface area contributed by atoms with E-state index >= 15 is 0 Å². The SMILES string of the molecule is CC1CCC2(CC1)NC(=O)N(CC(=O)N1CCN(C/C=C/c3ccccc3)CC1)C2=O. The van der Waals surface area contributed by atoms with Gasteiger partial charge in [-0.25, -0.2) is 4.79 Å². The summed E-state index contributed by atoms with van der Waals surface area (Å²) in [5, 5.41) is 2.89. The number of hydrogen-bond donors (Lipinski definition) is 1. The van der Waals surface area contributed by atoms with Crippen molar-refractivity contribution < 1.29 is 14.4 Å². The van der Waals surface area contributed by atoms with Gasteiger partial charge in [0.15, 0.2) is 0 Å². The van der Waals surface area contributed by atoms with Gasteiger partial charge in [0.05, 0.1) is 0 Å². The monoisotopic (exact) mass is 424 g/mol. The molecular formula is C24H32N4O3. The maximum absolute atomic E-state index is 13.0. The van der Waals surface area contributed by atoms with Gasteiger partial charge >= 0.3 is 6.03 Å². The molecule has 2 heterocycles. The van der Waals surface area contributed by atoms with E-state index < -0.39 is 11.6 Å². The molecule has 2 aliphatic heterocycles. The molecule has 4 amide bonds. The lowest BCUT2D eigenvalue weighted by Crippen LogP contribution is -2.52. The summed E-state index contributed by atoms with van der Waals surface area (Å²) >= 11 is 0. The lowest BCUT2D eigenvalue weighted by atomic mass is 9.77. The molecule has 7 nitrogen and oxygen atoms in total. The number of benzene rings is 1. The summed E-state index contributed by atoms with van der Waals surface area (Å²) < 4.78 is 0. The molecule has 1 N–H and O–H groups in total. The Morgan fingerprint density at radius 1 is 1.10 bits per heavy atom. The quantitative estimate of drug-likeness (QED) is 0.737. The molecule has 0 radical (unpaired) electrons. The van der Waals surface area contributed by atoms with Gasteiger partial charge in [0.25, 0.3) is 5.91 Å². The van der Waals surface area contributed by atoms with E-state index in [1.54, 1.807) is 4.90 Å². The number of nitrogens with zero attached hydrogens (tertiary/aromatic N) is 3. The van der Waals surface area contributed by atoms with Crippen LogP contribution < -0.4 is 5.32 Å². The van der Waals surface area contributed by atoms with Crippen molar-refractivity contribution in [1.29, 1.82) is 0 Å². The second-order valence-corrected chi connectivity index (χ2v) is 9.08. The van der Waals surface area contributed by atoms with E-state index in [0.717, 1.165) is 37.4 Å². The highest BCUT2D eigenvalue weighted by molar-refractivity contribution is 6.09. The van der Waals surface area contributed by atoms with Gasteiger partial charge in [0.1, 0.15) is 12.1 Å². The average molecular weight is 425 g/mol. The van der Waals surface area contributed by atoms with Crippen LogP contribution in [0.2, 0.25) is 0 Å². The minimum absolute atomic E-state index is 0.149. The van der Waals surface area contributed by atoms with E-state index in [0.29, 0.717) is 31.8 Å². The lowest BCUT2D eigenvalue weighted by molar-refractivity contribution is -0.140. The van der Waals surface area contributed by atoms with Crippen LogP contribution in [0.4, 0.5) is 4.79 Å². The first-order valence-electron chi connectivity index (χ1n) is 11.3. The Morgan fingerprint density at radius 2 is 1.77 bits per heavy atom. The molecule has 0 bridgehead atoms. The summed E-state index contributed by atoms with van der Waals surface area (Å²) in [7, 11) is 0. The molecule has 1 saturated carbocycles. The van der Waals surface area contributed by atoms with E-state index in [-0.39, 0.29) is 18.4 Å². The van der Waals surface area contributed by atoms with Crippen LogP contribution in [0.1, 0.15) is 38.2 Å². The Bertz CT molecular complexity index is 838. The molecule has 3 aliphatic rings. The van der Waals surface area contributed by atoms with Crippen molar-refractivity contribution in [3.63, 3.8) is 0 Å². The molecule has 0 atom stereocenters. The van der Waals surface area contributed by atoms with Crippen LogP contribution in [0.15, 0.2) is 36.4 Å². The van der Waals surface area contributed by atoms with E-state index in [1.807, 2.05) is 18.2 Å². The number of carbonyl (C=O) groups is 3. The van der Waals surface area contributed by atoms with Gasteiger partial charge in [-0.15, -0.1) is 0 Å². The minimum atomic E-state index is -0.784. The van der Waals surface area contributed by atoms with E-state index in [2.05, 4.69) is 41.4 Å². The summed E-state index contributed by atoms with van der Waals surface area (Å²) in [5.74, 6) is 0.205. The average Bonchev–Trinajstić information content (AvgIpc) is 3.01. The molecule has 4 rings (SSSR count). The first-order chi connectivity index (χ1) is 15.0. The van der Waals surface area contributed by atoms with Crippen molar-refractivity contribution in [2.75, 3.05) is 39.3 Å². The number of nitrogens with one attached hydrogen (secondary N) is 1. The fraction of sp³-hybridized carbons (Fsp3) is 0.542. The lowest BCUT2D eigenvalue weighted by Gasteiger charge is -2.35. The zero-order valence-electron chi connectivity index (χ0n) is 18.3. The van der Waals surface area contributed by atoms with Gasteiger partial charge in [0.2, 0.25) is 5.91 Å². The fourth-order valence-corrected chi connectivity index (χ4v) is 4.73. The molecular weight excluding hydrogens is 392 g/mol. The fourth-order valence-electron chi connectivity index (χ4n) is 4.73. The molecule has 0 aromatic heterocycles. The molecule has 0 unspecified atom stereocenters. The van der Waals surface area contributed by atoms with Crippen molar-refractivity contribution in [3.8, 4) is 0 Å². The van der Waals surface area contributed by atoms with Crippen LogP contribution in [-0.4, -0.2) is 77.4 Å². The predicted octanol–water partition coefficient (Wildman–Crippen LogP) is 2.34. The standard InChI is InChI=1S/C24H32N4O3/c1-19-9-11-24(12-10-19)22(30)28(23(31)25-24)18-21(29)27-16-14-26(15-17-27)13-5-8-20-6-3-2-4-7-20/h2-8,19H,9-18H2,1H3,(H,25,31)/b8-5+. The number of rotatable bonds is 5. The molecule has 1 aromatic rings. The van der Waals surface area contributed by atoms with Gasteiger partial charge in [-0.3, -0.25) is 19.4 Å². The van der Waals surface area contributed by atoms with Crippen LogP contribution >= 0.6 is 0 Å². The summed E-state index contributed by atoms with van der Waals surface area (Å²) in [6.07, 6.45) is 7.43. The van der Waals surface area contributed by atoms with Crippen LogP contribution in [0.3, 0.4) is 0 Å². The van der Waals surface area contributed by atoms with Gasteiger partial charge < -0.3 is 10.2 Å². The molecule has 1 aromatic carbocycles. The predicted molar refractivity (Wildman–Crippen MR) is 119 cm³/mol. The summed E-state index contributed by atoms with van der Waals surface area (Å²) in [4.78, 5) is 43.4. The number of piperazine rings is 1. The number of carbonyl (C=O) groups excluding carboxylic acids is 3. The molecule has 1 aliphatic carbocycles.